The van der Waals surface area contributed by atoms with Crippen LogP contribution < -0.4 is 10.3 Å². The molecule has 2 atom stereocenters. The number of benzene rings is 2. The third-order valence-electron chi connectivity index (χ3n) is 6.59. The predicted octanol–water partition coefficient (Wildman–Crippen LogP) is 3.43. The minimum atomic E-state index is -0.805. The summed E-state index contributed by atoms with van der Waals surface area (Å²) in [6.07, 6.45) is 7.20. The number of aromatic nitrogens is 2. The van der Waals surface area contributed by atoms with E-state index in [9.17, 15) is 4.79 Å². The number of hydrogen-bond acceptors (Lipinski definition) is 1. The van der Waals surface area contributed by atoms with Gasteiger partial charge in [0.15, 0.2) is 0 Å². The highest BCUT2D eigenvalue weighted by Crippen LogP contribution is 2.49. The summed E-state index contributed by atoms with van der Waals surface area (Å²) >= 11 is 0. The predicted molar refractivity (Wildman–Crippen MR) is 110 cm³/mol. The molecule has 1 heterocycles. The maximum Gasteiger partial charge on any atom is 0.253 e. The second-order valence-corrected chi connectivity index (χ2v) is 7.93. The Labute approximate surface area is 166 Å². The van der Waals surface area contributed by atoms with Crippen molar-refractivity contribution in [2.75, 3.05) is 0 Å². The zero-order chi connectivity index (χ0) is 19.7. The van der Waals surface area contributed by atoms with Gasteiger partial charge in [0, 0.05) is 6.92 Å². The molecule has 1 aliphatic rings. The van der Waals surface area contributed by atoms with Crippen LogP contribution in [0.15, 0.2) is 73.1 Å². The van der Waals surface area contributed by atoms with Gasteiger partial charge in [0.05, 0.1) is 7.05 Å². The number of primary amides is 1. The molecular formula is C24H28N3O+. The highest BCUT2D eigenvalue weighted by Gasteiger charge is 2.51. The van der Waals surface area contributed by atoms with Gasteiger partial charge in [0.25, 0.3) is 5.82 Å². The van der Waals surface area contributed by atoms with Crippen molar-refractivity contribution < 1.29 is 9.36 Å². The lowest BCUT2D eigenvalue weighted by atomic mass is 9.64. The second kappa shape index (κ2) is 7.27. The molecule has 28 heavy (non-hydrogen) atoms. The molecule has 4 heteroatoms. The molecule has 0 bridgehead atoms. The lowest BCUT2D eigenvalue weighted by Gasteiger charge is -2.37. The number of nitrogens with two attached hydrogens (primary N) is 1. The Morgan fingerprint density at radius 1 is 1.04 bits per heavy atom. The molecule has 0 aliphatic heterocycles. The minimum Gasteiger partial charge on any atom is -0.369 e. The van der Waals surface area contributed by atoms with E-state index in [1.54, 1.807) is 0 Å². The van der Waals surface area contributed by atoms with Gasteiger partial charge in [-0.05, 0) is 36.3 Å². The number of rotatable bonds is 5. The Morgan fingerprint density at radius 3 is 2.07 bits per heavy atom. The Balaban J connectivity index is 1.81. The van der Waals surface area contributed by atoms with Crippen molar-refractivity contribution in [1.29, 1.82) is 0 Å². The van der Waals surface area contributed by atoms with Crippen LogP contribution >= 0.6 is 0 Å². The molecule has 0 saturated heterocycles. The van der Waals surface area contributed by atoms with E-state index in [0.29, 0.717) is 6.04 Å². The molecule has 3 aromatic rings. The van der Waals surface area contributed by atoms with Crippen LogP contribution in [0, 0.1) is 12.8 Å². The first-order chi connectivity index (χ1) is 13.5. The topological polar surface area (TPSA) is 51.9 Å². The van der Waals surface area contributed by atoms with Gasteiger partial charge in [-0.2, -0.15) is 0 Å². The number of amides is 1. The van der Waals surface area contributed by atoms with Crippen molar-refractivity contribution in [2.45, 2.75) is 37.6 Å². The van der Waals surface area contributed by atoms with Gasteiger partial charge >= 0.3 is 0 Å². The fourth-order valence-electron chi connectivity index (χ4n) is 5.09. The number of hydrogen-bond donors (Lipinski definition) is 1. The van der Waals surface area contributed by atoms with Crippen LogP contribution in [0.2, 0.25) is 0 Å². The quantitative estimate of drug-likeness (QED) is 0.684. The molecule has 0 radical (unpaired) electrons. The van der Waals surface area contributed by atoms with Crippen molar-refractivity contribution in [2.24, 2.45) is 18.7 Å². The number of carbonyl (C=O) groups is 1. The summed E-state index contributed by atoms with van der Waals surface area (Å²) in [4.78, 5) is 13.1. The van der Waals surface area contributed by atoms with Crippen molar-refractivity contribution in [1.82, 2.24) is 4.57 Å². The van der Waals surface area contributed by atoms with E-state index in [2.05, 4.69) is 35.5 Å². The Hall–Kier alpha value is -2.88. The molecule has 2 aromatic carbocycles. The van der Waals surface area contributed by atoms with Crippen molar-refractivity contribution in [3.8, 4) is 0 Å². The summed E-state index contributed by atoms with van der Waals surface area (Å²) in [6, 6.07) is 20.5. The van der Waals surface area contributed by atoms with Crippen molar-refractivity contribution in [3.05, 3.63) is 90.0 Å². The molecule has 0 unspecified atom stereocenters. The fraction of sp³-hybridized carbons (Fsp3) is 0.333. The SMILES string of the molecule is Cc1n([C@@H]2CC[C@@H](C(C(N)=O)(c3ccccc3)c3ccccc3)C2)cc[n+]1C. The van der Waals surface area contributed by atoms with Crippen LogP contribution in [0.4, 0.5) is 0 Å². The lowest BCUT2D eigenvalue weighted by Crippen LogP contribution is -2.47. The van der Waals surface area contributed by atoms with Crippen molar-refractivity contribution in [3.63, 3.8) is 0 Å². The minimum absolute atomic E-state index is 0.159. The molecular weight excluding hydrogens is 346 g/mol. The molecule has 2 N–H and O–H groups in total. The number of aryl methyl sites for hydroxylation is 1. The van der Waals surface area contributed by atoms with Crippen molar-refractivity contribution >= 4 is 5.91 Å². The van der Waals surface area contributed by atoms with E-state index in [1.165, 1.54) is 5.82 Å². The normalized spacial score (nSPS) is 19.6. The van der Waals surface area contributed by atoms with Crippen LogP contribution in [0.5, 0.6) is 0 Å². The Bertz CT molecular complexity index is 923. The molecule has 1 aromatic heterocycles. The van der Waals surface area contributed by atoms with Gasteiger partial charge in [-0.3, -0.25) is 4.79 Å². The first-order valence-corrected chi connectivity index (χ1v) is 9.99. The summed E-state index contributed by atoms with van der Waals surface area (Å²) in [5.74, 6) is 1.13. The molecule has 4 nitrogen and oxygen atoms in total. The average Bonchev–Trinajstić information content (AvgIpc) is 3.32. The van der Waals surface area contributed by atoms with Crippen LogP contribution in [0.25, 0.3) is 0 Å². The van der Waals surface area contributed by atoms with Gasteiger partial charge in [0.2, 0.25) is 5.91 Å². The van der Waals surface area contributed by atoms with Gasteiger partial charge in [-0.25, -0.2) is 9.13 Å². The van der Waals surface area contributed by atoms with Gasteiger partial charge in [-0.1, -0.05) is 60.7 Å². The second-order valence-electron chi connectivity index (χ2n) is 7.93. The number of imidazole rings is 1. The van der Waals surface area contributed by atoms with E-state index in [-0.39, 0.29) is 11.8 Å². The van der Waals surface area contributed by atoms with E-state index >= 15 is 0 Å². The highest BCUT2D eigenvalue weighted by molar-refractivity contribution is 5.91. The standard InChI is InChI=1S/C24H27N3O/c1-18-26(2)15-16-27(18)22-14-13-21(17-22)24(23(25)28,19-9-5-3-6-10-19)20-11-7-4-8-12-20/h3-12,15-16,21-22H,13-14,17H2,1-2H3,(H-,25,28)/p+1/t21-,22-/m1/s1. The number of carbonyl (C=O) groups excluding carboxylic acids is 1. The molecule has 1 amide bonds. The average molecular weight is 375 g/mol. The molecule has 1 fully saturated rings. The fourth-order valence-corrected chi connectivity index (χ4v) is 5.09. The van der Waals surface area contributed by atoms with E-state index < -0.39 is 5.41 Å². The summed E-state index contributed by atoms with van der Waals surface area (Å²) < 4.78 is 4.49. The first-order valence-electron chi connectivity index (χ1n) is 9.99. The summed E-state index contributed by atoms with van der Waals surface area (Å²) in [6.45, 7) is 2.14. The Morgan fingerprint density at radius 2 is 1.61 bits per heavy atom. The maximum absolute atomic E-state index is 13.1. The third-order valence-corrected chi connectivity index (χ3v) is 6.59. The smallest absolute Gasteiger partial charge is 0.253 e. The van der Waals surface area contributed by atoms with Crippen LogP contribution in [0.1, 0.15) is 42.3 Å². The van der Waals surface area contributed by atoms with Crippen LogP contribution in [-0.2, 0) is 17.3 Å². The molecule has 1 aliphatic carbocycles. The number of nitrogens with zero attached hydrogens (tertiary/aromatic N) is 2. The third kappa shape index (κ3) is 2.84. The first kappa shape index (κ1) is 18.5. The van der Waals surface area contributed by atoms with Gasteiger partial charge in [-0.15, -0.1) is 0 Å². The molecule has 144 valence electrons. The van der Waals surface area contributed by atoms with Gasteiger partial charge < -0.3 is 5.73 Å². The zero-order valence-electron chi connectivity index (χ0n) is 16.6. The Kier molecular flexibility index (Phi) is 4.80. The van der Waals surface area contributed by atoms with Gasteiger partial charge in [0.1, 0.15) is 23.9 Å². The summed E-state index contributed by atoms with van der Waals surface area (Å²) in [5.41, 5.74) is 7.37. The molecule has 0 spiro atoms. The largest absolute Gasteiger partial charge is 0.369 e. The monoisotopic (exact) mass is 374 g/mol. The van der Waals surface area contributed by atoms with E-state index in [1.807, 2.05) is 60.7 Å². The lowest BCUT2D eigenvalue weighted by molar-refractivity contribution is -0.677. The summed E-state index contributed by atoms with van der Waals surface area (Å²) in [5, 5.41) is 0. The molecule has 1 saturated carbocycles. The maximum atomic E-state index is 13.1. The van der Waals surface area contributed by atoms with Crippen LogP contribution in [-0.4, -0.2) is 10.5 Å². The highest BCUT2D eigenvalue weighted by atomic mass is 16.1. The molecule has 4 rings (SSSR count). The van der Waals surface area contributed by atoms with Crippen LogP contribution in [0.3, 0.4) is 0 Å². The summed E-state index contributed by atoms with van der Waals surface area (Å²) in [7, 11) is 2.07. The zero-order valence-corrected chi connectivity index (χ0v) is 16.6. The van der Waals surface area contributed by atoms with E-state index in [4.69, 9.17) is 5.73 Å². The van der Waals surface area contributed by atoms with E-state index in [0.717, 1.165) is 30.4 Å².